The van der Waals surface area contributed by atoms with Crippen LogP contribution in [-0.4, -0.2) is 16.0 Å². The number of nitro benzene ring substituents is 1. The normalized spacial score (nSPS) is 11.4. The van der Waals surface area contributed by atoms with Gasteiger partial charge >= 0.3 is 23.0 Å². The van der Waals surface area contributed by atoms with Crippen LogP contribution in [0.1, 0.15) is 11.6 Å². The molecule has 0 aliphatic rings. The van der Waals surface area contributed by atoms with E-state index in [0.717, 1.165) is 0 Å². The van der Waals surface area contributed by atoms with E-state index in [0.29, 0.717) is 5.56 Å². The minimum atomic E-state index is -1.17. The molecule has 0 saturated carbocycles. The van der Waals surface area contributed by atoms with E-state index in [1.54, 1.807) is 0 Å². The number of carboxylic acids is 1. The summed E-state index contributed by atoms with van der Waals surface area (Å²) in [6, 6.07) is 75.8. The quantitative estimate of drug-likeness (QED) is 0.0616. The van der Waals surface area contributed by atoms with Crippen LogP contribution in [0, 0.1) is 10.1 Å². The first-order valence-corrected chi connectivity index (χ1v) is 22.1. The first-order chi connectivity index (χ1) is 29.4. The van der Waals surface area contributed by atoms with Gasteiger partial charge in [-0.3, -0.25) is 14.9 Å². The van der Waals surface area contributed by atoms with E-state index in [-0.39, 0.29) is 22.8 Å². The Morgan fingerprint density at radius 3 is 1.13 bits per heavy atom. The molecule has 0 radical (unpaired) electrons. The van der Waals surface area contributed by atoms with Crippen molar-refractivity contribution in [3.63, 3.8) is 0 Å². The fourth-order valence-corrected chi connectivity index (χ4v) is 12.5. The van der Waals surface area contributed by atoms with Crippen LogP contribution in [0.15, 0.2) is 218 Å². The Morgan fingerprint density at radius 2 is 0.803 bits per heavy atom. The number of nitrogens with two attached hydrogens (primary N) is 1. The third kappa shape index (κ3) is 9.38. The second-order valence-corrected chi connectivity index (χ2v) is 18.4. The van der Waals surface area contributed by atoms with Crippen LogP contribution in [0.2, 0.25) is 0 Å². The van der Waals surface area contributed by atoms with Gasteiger partial charge in [-0.15, -0.1) is 0 Å². The van der Waals surface area contributed by atoms with Gasteiger partial charge in [0.2, 0.25) is 0 Å². The third-order valence-corrected chi connectivity index (χ3v) is 15.3. The van der Waals surface area contributed by atoms with Gasteiger partial charge in [0.05, 0.1) is 4.92 Å². The maximum atomic E-state index is 10.5. The molecule has 0 spiro atoms. The van der Waals surface area contributed by atoms with Crippen molar-refractivity contribution in [2.24, 2.45) is 5.73 Å². The summed E-state index contributed by atoms with van der Waals surface area (Å²) in [5, 5.41) is 32.2. The topological polar surface area (TPSA) is 106 Å². The van der Waals surface area contributed by atoms with Crippen molar-refractivity contribution in [1.29, 1.82) is 0 Å². The maximum absolute atomic E-state index is 10.5. The SMILES string of the molecule is N[C@H](C(=O)O)c1ccc([N+](=O)[O-])cc1.[Cu+].c1ccc(P(c2ccccc2)c2ccc3ccccc3c2-c2c(P(c3ccccc3)c3ccccc3)ccc3ccccc23)cc1. The van der Waals surface area contributed by atoms with Crippen LogP contribution in [-0.2, 0) is 21.9 Å². The van der Waals surface area contributed by atoms with Crippen molar-refractivity contribution in [2.45, 2.75) is 6.04 Å². The van der Waals surface area contributed by atoms with Gasteiger partial charge in [0.15, 0.2) is 0 Å². The van der Waals surface area contributed by atoms with Gasteiger partial charge in [0.25, 0.3) is 5.69 Å². The molecule has 61 heavy (non-hydrogen) atoms. The molecule has 0 unspecified atom stereocenters. The minimum absolute atomic E-state index is 0. The Bertz CT molecular complexity index is 2660. The molecule has 9 rings (SSSR count). The Balaban J connectivity index is 0.000000321. The van der Waals surface area contributed by atoms with Gasteiger partial charge in [-0.25, -0.2) is 0 Å². The molecule has 0 bridgehead atoms. The zero-order chi connectivity index (χ0) is 41.4. The van der Waals surface area contributed by atoms with Crippen LogP contribution in [0.25, 0.3) is 32.7 Å². The van der Waals surface area contributed by atoms with E-state index in [1.807, 2.05) is 0 Å². The fraction of sp³-hybridized carbons (Fsp3) is 0.0192. The predicted molar refractivity (Wildman–Crippen MR) is 252 cm³/mol. The Kier molecular flexibility index (Phi) is 13.9. The molecule has 0 aliphatic heterocycles. The van der Waals surface area contributed by atoms with Crippen LogP contribution < -0.4 is 37.6 Å². The Labute approximate surface area is 367 Å². The maximum Gasteiger partial charge on any atom is 1.00 e. The smallest absolute Gasteiger partial charge is 0.480 e. The average Bonchev–Trinajstić information content (AvgIpc) is 3.30. The molecule has 3 N–H and O–H groups in total. The van der Waals surface area contributed by atoms with Gasteiger partial charge in [-0.1, -0.05) is 206 Å². The van der Waals surface area contributed by atoms with Gasteiger partial charge in [0, 0.05) is 12.1 Å². The number of fused-ring (bicyclic) bond motifs is 2. The van der Waals surface area contributed by atoms with Gasteiger partial charge in [0.1, 0.15) is 6.04 Å². The van der Waals surface area contributed by atoms with E-state index < -0.39 is 32.8 Å². The largest absolute Gasteiger partial charge is 1.00 e. The molecular weight excluding hydrogens is 842 g/mol. The summed E-state index contributed by atoms with van der Waals surface area (Å²) in [5.74, 6) is -1.17. The average molecular weight is 882 g/mol. The summed E-state index contributed by atoms with van der Waals surface area (Å²) in [5.41, 5.74) is 8.24. The number of hydrogen-bond acceptors (Lipinski definition) is 4. The molecule has 9 heteroatoms. The van der Waals surface area contributed by atoms with Crippen molar-refractivity contribution in [3.05, 3.63) is 234 Å². The van der Waals surface area contributed by atoms with Gasteiger partial charge in [-0.2, -0.15) is 0 Å². The number of non-ortho nitro benzene ring substituents is 1. The number of hydrogen-bond donors (Lipinski definition) is 2. The molecule has 0 amide bonds. The number of carboxylic acid groups (broad SMARTS) is 1. The van der Waals surface area contributed by atoms with Crippen molar-refractivity contribution < 1.29 is 31.9 Å². The molecule has 1 atom stereocenters. The molecule has 9 aromatic rings. The first-order valence-electron chi connectivity index (χ1n) is 19.5. The van der Waals surface area contributed by atoms with Crippen LogP contribution in [0.4, 0.5) is 5.69 Å². The zero-order valence-electron chi connectivity index (χ0n) is 32.8. The second-order valence-electron chi connectivity index (χ2n) is 14.0. The summed E-state index contributed by atoms with van der Waals surface area (Å²) < 4.78 is 0. The summed E-state index contributed by atoms with van der Waals surface area (Å²) in [4.78, 5) is 20.2. The molecule has 6 nitrogen and oxygen atoms in total. The third-order valence-electron chi connectivity index (χ3n) is 10.3. The van der Waals surface area contributed by atoms with Crippen molar-refractivity contribution in [3.8, 4) is 11.1 Å². The van der Waals surface area contributed by atoms with E-state index >= 15 is 0 Å². The fourth-order valence-electron chi connectivity index (χ4n) is 7.53. The predicted octanol–water partition coefficient (Wildman–Crippen LogP) is 9.85. The van der Waals surface area contributed by atoms with Crippen LogP contribution in [0.3, 0.4) is 0 Å². The molecule has 0 fully saturated rings. The number of benzene rings is 9. The van der Waals surface area contributed by atoms with Crippen LogP contribution in [0.5, 0.6) is 0 Å². The summed E-state index contributed by atoms with van der Waals surface area (Å²) >= 11 is 0. The number of aliphatic carboxylic acids is 1. The van der Waals surface area contributed by atoms with Crippen molar-refractivity contribution >= 4 is 80.9 Å². The van der Waals surface area contributed by atoms with E-state index in [4.69, 9.17) is 10.8 Å². The Morgan fingerprint density at radius 1 is 0.475 bits per heavy atom. The monoisotopic (exact) mass is 881 g/mol. The summed E-state index contributed by atoms with van der Waals surface area (Å²) in [6.07, 6.45) is 0. The molecule has 0 aliphatic carbocycles. The Hall–Kier alpha value is -6.29. The summed E-state index contributed by atoms with van der Waals surface area (Å²) in [6.45, 7) is 0. The minimum Gasteiger partial charge on any atom is -0.480 e. The first kappa shape index (κ1) is 42.8. The molecule has 0 saturated heterocycles. The molecular formula is C52H40CuN2O4P2+. The summed E-state index contributed by atoms with van der Waals surface area (Å²) in [7, 11) is -1.70. The molecule has 0 aromatic heterocycles. The van der Waals surface area contributed by atoms with E-state index in [1.165, 1.54) is 88.8 Å². The van der Waals surface area contributed by atoms with Crippen LogP contribution >= 0.6 is 15.8 Å². The van der Waals surface area contributed by atoms with Gasteiger partial charge in [-0.05, 0) is 85.9 Å². The molecule has 9 aromatic carbocycles. The number of nitrogens with zero attached hydrogens (tertiary/aromatic N) is 1. The number of nitro groups is 1. The zero-order valence-corrected chi connectivity index (χ0v) is 35.5. The standard InChI is InChI=1S/C44H32P2.C8H8N2O4.Cu/c1-5-19-35(20-6-1)45(36-21-7-2-8-22-36)41-31-29-33-17-13-15-27-39(33)43(41)44-40-28-16-14-18-34(40)30-32-42(44)46(37-23-9-3-10-24-37)38-25-11-4-12-26-38;9-7(8(11)12)5-1-3-6(4-2-5)10(13)14;/h1-32H;1-4,7H,9H2,(H,11,12);/q;;+1/t;7-;/m.0./s1. The van der Waals surface area contributed by atoms with E-state index in [2.05, 4.69) is 194 Å². The molecule has 0 heterocycles. The van der Waals surface area contributed by atoms with Crippen molar-refractivity contribution in [1.82, 2.24) is 0 Å². The number of rotatable bonds is 10. The molecule has 302 valence electrons. The van der Waals surface area contributed by atoms with E-state index in [9.17, 15) is 14.9 Å². The second kappa shape index (κ2) is 19.8. The number of carbonyl (C=O) groups is 1. The van der Waals surface area contributed by atoms with Crippen molar-refractivity contribution in [2.75, 3.05) is 0 Å². The van der Waals surface area contributed by atoms with Gasteiger partial charge < -0.3 is 10.8 Å².